The molecule has 0 fully saturated rings. The summed E-state index contributed by atoms with van der Waals surface area (Å²) in [5, 5.41) is 18.1. The van der Waals surface area contributed by atoms with Crippen molar-refractivity contribution in [3.05, 3.63) is 40.3 Å². The number of carboxylic acid groups (broad SMARTS) is 1. The second-order valence-corrected chi connectivity index (χ2v) is 3.99. The van der Waals surface area contributed by atoms with Crippen molar-refractivity contribution in [2.45, 2.75) is 13.0 Å². The van der Waals surface area contributed by atoms with Crippen LogP contribution in [0.2, 0.25) is 0 Å². The molecule has 22 heavy (non-hydrogen) atoms. The average molecular weight is 313 g/mol. The number of rotatable bonds is 6. The Labute approximate surface area is 148 Å². The van der Waals surface area contributed by atoms with Gasteiger partial charge in [0.1, 0.15) is 6.04 Å². The number of amides is 2. The molecule has 2 amide bonds. The third kappa shape index (κ3) is 6.15. The van der Waals surface area contributed by atoms with Crippen molar-refractivity contribution in [2.75, 3.05) is 6.54 Å². The molecule has 1 aromatic rings. The number of carbonyl (C=O) groups excluding carboxylic acids is 3. The molecule has 1 rings (SSSR count). The van der Waals surface area contributed by atoms with Crippen LogP contribution in [0.25, 0.3) is 10.4 Å². The molecule has 0 spiro atoms. The number of carbonyl (C=O) groups is 3. The predicted octanol–water partition coefficient (Wildman–Crippen LogP) is -3.38. The minimum Gasteiger partial charge on any atom is -0.548 e. The topological polar surface area (TPSA) is 147 Å². The molecular weight excluding hydrogens is 301 g/mol. The van der Waals surface area contributed by atoms with Crippen LogP contribution in [-0.2, 0) is 9.59 Å². The molecule has 10 heteroatoms. The van der Waals surface area contributed by atoms with Crippen LogP contribution in [0.3, 0.4) is 0 Å². The molecule has 0 bridgehead atoms. The molecular formula is C12H12N5NaO4. The van der Waals surface area contributed by atoms with Gasteiger partial charge >= 0.3 is 29.6 Å². The van der Waals surface area contributed by atoms with Gasteiger partial charge in [-0.3, -0.25) is 9.59 Å². The summed E-state index contributed by atoms with van der Waals surface area (Å²) in [6.45, 7) is 0.743. The monoisotopic (exact) mass is 313 g/mol. The molecule has 0 aliphatic heterocycles. The standard InChI is InChI=1S/C12H13N5O4.Na/c1-7(11(20)14-6-10(18)19)15-12(21)8-4-2-3-5-9(8)16-17-13;/h2-5,7H,6H2,1H3,(H,14,20)(H,15,21)(H,18,19);/q;+1/p-1/t7-;/m0./s1. The molecule has 0 saturated carbocycles. The maximum atomic E-state index is 12.0. The Morgan fingerprint density at radius 1 is 1.36 bits per heavy atom. The Balaban J connectivity index is 0.00000441. The fourth-order valence-corrected chi connectivity index (χ4v) is 1.45. The number of benzene rings is 1. The van der Waals surface area contributed by atoms with Crippen molar-refractivity contribution in [1.82, 2.24) is 10.6 Å². The number of carboxylic acids is 1. The van der Waals surface area contributed by atoms with Crippen LogP contribution in [0.5, 0.6) is 0 Å². The van der Waals surface area contributed by atoms with Crippen molar-refractivity contribution < 1.29 is 49.0 Å². The molecule has 9 nitrogen and oxygen atoms in total. The summed E-state index contributed by atoms with van der Waals surface area (Å²) < 4.78 is 0. The van der Waals surface area contributed by atoms with Crippen LogP contribution in [-0.4, -0.2) is 30.4 Å². The van der Waals surface area contributed by atoms with E-state index in [1.807, 2.05) is 0 Å². The zero-order chi connectivity index (χ0) is 15.8. The summed E-state index contributed by atoms with van der Waals surface area (Å²) >= 11 is 0. The minimum absolute atomic E-state index is 0. The molecule has 0 radical (unpaired) electrons. The molecule has 0 aromatic heterocycles. The van der Waals surface area contributed by atoms with E-state index in [1.165, 1.54) is 19.1 Å². The van der Waals surface area contributed by atoms with Crippen LogP contribution in [0, 0.1) is 0 Å². The second kappa shape index (κ2) is 9.80. The van der Waals surface area contributed by atoms with E-state index in [4.69, 9.17) is 5.53 Å². The van der Waals surface area contributed by atoms with Crippen LogP contribution < -0.4 is 45.3 Å². The third-order valence-corrected chi connectivity index (χ3v) is 2.45. The number of nitrogens with zero attached hydrogens (tertiary/aromatic N) is 3. The number of azide groups is 1. The molecule has 2 N–H and O–H groups in total. The van der Waals surface area contributed by atoms with E-state index >= 15 is 0 Å². The van der Waals surface area contributed by atoms with Gasteiger partial charge in [-0.15, -0.1) is 0 Å². The molecule has 0 aliphatic carbocycles. The molecule has 110 valence electrons. The van der Waals surface area contributed by atoms with E-state index in [0.717, 1.165) is 0 Å². The van der Waals surface area contributed by atoms with Crippen LogP contribution in [0.1, 0.15) is 17.3 Å². The summed E-state index contributed by atoms with van der Waals surface area (Å²) in [7, 11) is 0. The summed E-state index contributed by atoms with van der Waals surface area (Å²) in [6, 6.07) is 5.10. The van der Waals surface area contributed by atoms with Gasteiger partial charge in [-0.25, -0.2) is 0 Å². The largest absolute Gasteiger partial charge is 1.00 e. The Morgan fingerprint density at radius 3 is 2.59 bits per heavy atom. The number of nitrogens with one attached hydrogen (secondary N) is 2. The molecule has 0 heterocycles. The quantitative estimate of drug-likeness (QED) is 0.244. The van der Waals surface area contributed by atoms with Crippen LogP contribution >= 0.6 is 0 Å². The van der Waals surface area contributed by atoms with Crippen molar-refractivity contribution in [2.24, 2.45) is 5.11 Å². The molecule has 1 aromatic carbocycles. The van der Waals surface area contributed by atoms with Gasteiger partial charge in [0.25, 0.3) is 5.91 Å². The minimum atomic E-state index is -1.43. The summed E-state index contributed by atoms with van der Waals surface area (Å²) in [4.78, 5) is 36.3. The van der Waals surface area contributed by atoms with Gasteiger partial charge in [-0.1, -0.05) is 23.3 Å². The molecule has 0 saturated heterocycles. The van der Waals surface area contributed by atoms with E-state index in [-0.39, 0.29) is 40.8 Å². The van der Waals surface area contributed by atoms with Gasteiger partial charge < -0.3 is 20.5 Å². The first-order valence-corrected chi connectivity index (χ1v) is 5.88. The van der Waals surface area contributed by atoms with Gasteiger partial charge in [0.15, 0.2) is 0 Å². The van der Waals surface area contributed by atoms with Crippen molar-refractivity contribution in [3.8, 4) is 0 Å². The van der Waals surface area contributed by atoms with Gasteiger partial charge in [-0.05, 0) is 18.5 Å². The Bertz CT molecular complexity index is 615. The van der Waals surface area contributed by atoms with E-state index in [2.05, 4.69) is 20.7 Å². The van der Waals surface area contributed by atoms with Gasteiger partial charge in [-0.2, -0.15) is 0 Å². The zero-order valence-corrected chi connectivity index (χ0v) is 14.1. The first-order valence-electron chi connectivity index (χ1n) is 5.88. The zero-order valence-electron chi connectivity index (χ0n) is 12.1. The van der Waals surface area contributed by atoms with E-state index in [0.29, 0.717) is 0 Å². The van der Waals surface area contributed by atoms with Crippen molar-refractivity contribution in [1.29, 1.82) is 0 Å². The van der Waals surface area contributed by atoms with Gasteiger partial charge in [0.2, 0.25) is 5.91 Å². The fourth-order valence-electron chi connectivity index (χ4n) is 1.45. The number of aliphatic carboxylic acids is 1. The van der Waals surface area contributed by atoms with E-state index < -0.39 is 30.4 Å². The van der Waals surface area contributed by atoms with Crippen LogP contribution in [0.15, 0.2) is 29.4 Å². The smallest absolute Gasteiger partial charge is 0.548 e. The Hall–Kier alpha value is -2.06. The maximum Gasteiger partial charge on any atom is 1.00 e. The van der Waals surface area contributed by atoms with Crippen molar-refractivity contribution >= 4 is 23.5 Å². The number of hydrogen-bond donors (Lipinski definition) is 2. The fraction of sp³-hybridized carbons (Fsp3) is 0.250. The Morgan fingerprint density at radius 2 is 2.00 bits per heavy atom. The first kappa shape index (κ1) is 19.9. The summed E-state index contributed by atoms with van der Waals surface area (Å²) in [6.07, 6.45) is 0. The van der Waals surface area contributed by atoms with Gasteiger partial charge in [0.05, 0.1) is 18.2 Å². The SMILES string of the molecule is C[C@H](NC(=O)c1ccccc1N=[N+]=[N-])C(=O)NCC(=O)[O-].[Na+]. The van der Waals surface area contributed by atoms with Crippen LogP contribution in [0.4, 0.5) is 5.69 Å². The maximum absolute atomic E-state index is 12.0. The summed E-state index contributed by atoms with van der Waals surface area (Å²) in [5.41, 5.74) is 8.65. The third-order valence-electron chi connectivity index (χ3n) is 2.45. The van der Waals surface area contributed by atoms with E-state index in [1.54, 1.807) is 12.1 Å². The molecule has 0 aliphatic rings. The van der Waals surface area contributed by atoms with Crippen molar-refractivity contribution in [3.63, 3.8) is 0 Å². The number of hydrogen-bond acceptors (Lipinski definition) is 5. The summed E-state index contributed by atoms with van der Waals surface area (Å²) in [5.74, 6) is -2.72. The molecule has 0 unspecified atom stereocenters. The van der Waals surface area contributed by atoms with Gasteiger partial charge in [0, 0.05) is 10.5 Å². The molecule has 1 atom stereocenters. The first-order chi connectivity index (χ1) is 9.95. The second-order valence-electron chi connectivity index (χ2n) is 3.99. The van der Waals surface area contributed by atoms with E-state index in [9.17, 15) is 19.5 Å². The predicted molar refractivity (Wildman–Crippen MR) is 70.2 cm³/mol. The Kier molecular flexibility index (Phi) is 8.88. The normalized spacial score (nSPS) is 10.4. The average Bonchev–Trinajstić information content (AvgIpc) is 2.45.